The summed E-state index contributed by atoms with van der Waals surface area (Å²) in [6, 6.07) is -0.885. The number of rotatable bonds is 8. The van der Waals surface area contributed by atoms with Crippen molar-refractivity contribution in [2.75, 3.05) is 19.8 Å². The minimum Gasteiger partial charge on any atom is -0.395 e. The summed E-state index contributed by atoms with van der Waals surface area (Å²) in [5.41, 5.74) is 0.463. The minimum atomic E-state index is -1.21. The monoisotopic (exact) mass is 383 g/mol. The van der Waals surface area contributed by atoms with Gasteiger partial charge in [-0.1, -0.05) is 0 Å². The quantitative estimate of drug-likeness (QED) is 0.398. The molecule has 0 aromatic rings. The summed E-state index contributed by atoms with van der Waals surface area (Å²) in [7, 11) is 0. The second-order valence-electron chi connectivity index (χ2n) is 10.00. The van der Waals surface area contributed by atoms with Crippen molar-refractivity contribution >= 4 is 0 Å². The van der Waals surface area contributed by atoms with Crippen molar-refractivity contribution in [2.45, 2.75) is 88.2 Å². The molecular weight excluding hydrogens is 346 g/mol. The smallest absolute Gasteiger partial charge is 0.109 e. The van der Waals surface area contributed by atoms with E-state index in [0.29, 0.717) is 11.8 Å². The van der Waals surface area contributed by atoms with Crippen LogP contribution in [0.5, 0.6) is 0 Å². The van der Waals surface area contributed by atoms with Crippen molar-refractivity contribution in [3.63, 3.8) is 0 Å². The zero-order valence-corrected chi connectivity index (χ0v) is 16.3. The lowest BCUT2D eigenvalue weighted by Crippen LogP contribution is -2.65. The summed E-state index contributed by atoms with van der Waals surface area (Å²) in [6.07, 6.45) is 7.68. The van der Waals surface area contributed by atoms with Crippen LogP contribution in [-0.4, -0.2) is 70.6 Å². The third kappa shape index (κ3) is 4.21. The highest BCUT2D eigenvalue weighted by molar-refractivity contribution is 5.01. The normalized spacial score (nSPS) is 48.9. The van der Waals surface area contributed by atoms with Crippen molar-refractivity contribution in [1.29, 1.82) is 0 Å². The number of hydrogen-bond donors (Lipinski definition) is 5. The van der Waals surface area contributed by atoms with Crippen molar-refractivity contribution < 1.29 is 25.2 Å². The first-order valence-electron chi connectivity index (χ1n) is 11.0. The van der Waals surface area contributed by atoms with Gasteiger partial charge < -0.3 is 30.5 Å². The van der Waals surface area contributed by atoms with E-state index in [1.807, 2.05) is 0 Å². The predicted molar refractivity (Wildman–Crippen MR) is 101 cm³/mol. The topological polar surface area (TPSA) is 102 Å². The molecule has 5 atom stereocenters. The van der Waals surface area contributed by atoms with Crippen LogP contribution >= 0.6 is 0 Å². The van der Waals surface area contributed by atoms with Crippen LogP contribution in [0.15, 0.2) is 0 Å². The minimum absolute atomic E-state index is 0.254. The number of aliphatic hydroxyl groups excluding tert-OH is 4. The van der Waals surface area contributed by atoms with Gasteiger partial charge in [0.05, 0.1) is 31.5 Å². The maximum Gasteiger partial charge on any atom is 0.109 e. The molecule has 156 valence electrons. The van der Waals surface area contributed by atoms with E-state index in [1.54, 1.807) is 0 Å². The Bertz CT molecular complexity index is 464. The Labute approximate surface area is 162 Å². The fraction of sp³-hybridized carbons (Fsp3) is 1.00. The van der Waals surface area contributed by atoms with Crippen molar-refractivity contribution in [3.05, 3.63) is 0 Å². The van der Waals surface area contributed by atoms with Crippen molar-refractivity contribution in [3.8, 4) is 0 Å². The van der Waals surface area contributed by atoms with Crippen LogP contribution in [0.2, 0.25) is 0 Å². The summed E-state index contributed by atoms with van der Waals surface area (Å²) in [4.78, 5) is 0. The second-order valence-corrected chi connectivity index (χ2v) is 10.00. The summed E-state index contributed by atoms with van der Waals surface area (Å²) < 4.78 is 6.10. The molecule has 5 aliphatic rings. The molecule has 1 saturated heterocycles. The third-order valence-corrected chi connectivity index (χ3v) is 7.78. The van der Waals surface area contributed by atoms with Crippen LogP contribution in [0, 0.1) is 23.2 Å². The average Bonchev–Trinajstić information content (AvgIpc) is 2.63. The Kier molecular flexibility index (Phi) is 6.12. The van der Waals surface area contributed by atoms with Crippen LogP contribution in [0.4, 0.5) is 0 Å². The van der Waals surface area contributed by atoms with E-state index in [-0.39, 0.29) is 12.6 Å². The Morgan fingerprint density at radius 2 is 1.41 bits per heavy atom. The van der Waals surface area contributed by atoms with E-state index >= 15 is 0 Å². The van der Waals surface area contributed by atoms with E-state index in [4.69, 9.17) is 4.74 Å². The summed E-state index contributed by atoms with van der Waals surface area (Å²) in [6.45, 7) is 1.41. The van der Waals surface area contributed by atoms with Crippen LogP contribution < -0.4 is 5.32 Å². The number of nitrogens with one attached hydrogen (secondary N) is 1. The van der Waals surface area contributed by atoms with E-state index in [0.717, 1.165) is 43.8 Å². The molecule has 5 rings (SSSR count). The van der Waals surface area contributed by atoms with Gasteiger partial charge in [0, 0.05) is 12.6 Å². The maximum absolute atomic E-state index is 10.1. The molecule has 6 nitrogen and oxygen atoms in total. The molecule has 0 amide bonds. The molecule has 0 spiro atoms. The van der Waals surface area contributed by atoms with Gasteiger partial charge in [-0.2, -0.15) is 0 Å². The Morgan fingerprint density at radius 3 is 2.00 bits per heavy atom. The first kappa shape index (κ1) is 20.0. The fourth-order valence-electron chi connectivity index (χ4n) is 6.89. The molecular formula is C21H37NO5. The molecule has 4 saturated carbocycles. The highest BCUT2D eigenvalue weighted by atomic mass is 16.5. The molecule has 0 aromatic heterocycles. The molecule has 1 heterocycles. The zero-order valence-electron chi connectivity index (χ0n) is 16.3. The summed E-state index contributed by atoms with van der Waals surface area (Å²) in [5.74, 6) is 2.87. The maximum atomic E-state index is 10.1. The summed E-state index contributed by atoms with van der Waals surface area (Å²) in [5, 5.41) is 42.3. The largest absolute Gasteiger partial charge is 0.395 e. The van der Waals surface area contributed by atoms with Crippen molar-refractivity contribution in [2.24, 2.45) is 23.2 Å². The average molecular weight is 384 g/mol. The number of piperidine rings is 1. The fourth-order valence-corrected chi connectivity index (χ4v) is 6.89. The second kappa shape index (κ2) is 8.25. The van der Waals surface area contributed by atoms with Gasteiger partial charge >= 0.3 is 0 Å². The molecule has 27 heavy (non-hydrogen) atoms. The lowest BCUT2D eigenvalue weighted by Gasteiger charge is -2.56. The summed E-state index contributed by atoms with van der Waals surface area (Å²) >= 11 is 0. The molecule has 4 aliphatic carbocycles. The predicted octanol–water partition coefficient (Wildman–Crippen LogP) is 0.805. The lowest BCUT2D eigenvalue weighted by molar-refractivity contribution is -0.120. The van der Waals surface area contributed by atoms with Gasteiger partial charge in [-0.05, 0) is 81.0 Å². The van der Waals surface area contributed by atoms with E-state index in [2.05, 4.69) is 5.32 Å². The van der Waals surface area contributed by atoms with Gasteiger partial charge in [-0.15, -0.1) is 0 Å². The van der Waals surface area contributed by atoms with E-state index in [1.165, 1.54) is 38.5 Å². The number of aliphatic hydroxyl groups is 4. The van der Waals surface area contributed by atoms with Gasteiger partial charge in [-0.25, -0.2) is 0 Å². The van der Waals surface area contributed by atoms with Gasteiger partial charge in [0.25, 0.3) is 0 Å². The molecule has 5 N–H and O–H groups in total. The third-order valence-electron chi connectivity index (χ3n) is 7.78. The molecule has 5 fully saturated rings. The first-order valence-corrected chi connectivity index (χ1v) is 11.0. The van der Waals surface area contributed by atoms with E-state index < -0.39 is 24.4 Å². The Morgan fingerprint density at radius 1 is 0.815 bits per heavy atom. The molecule has 6 heteroatoms. The van der Waals surface area contributed by atoms with Gasteiger partial charge in [-0.3, -0.25) is 0 Å². The zero-order chi connectivity index (χ0) is 19.0. The van der Waals surface area contributed by atoms with Gasteiger partial charge in [0.1, 0.15) is 6.10 Å². The SMILES string of the molecule is OC[C@@H]1N[C@H](CCCCOCC23CC4CC(CC(C4)C2)C3)[C@H](O)[C@@H](O)[C@@H]1O. The number of unbranched alkanes of at least 4 members (excludes halogenated alkanes) is 1. The highest BCUT2D eigenvalue weighted by Gasteiger charge is 2.50. The molecule has 0 radical (unpaired) electrons. The van der Waals surface area contributed by atoms with Crippen LogP contribution in [0.25, 0.3) is 0 Å². The Balaban J connectivity index is 1.15. The molecule has 4 bridgehead atoms. The van der Waals surface area contributed by atoms with Gasteiger partial charge in [0.15, 0.2) is 0 Å². The van der Waals surface area contributed by atoms with Crippen LogP contribution in [-0.2, 0) is 4.74 Å². The standard InChI is InChI=1S/C21H37NO5/c23-11-17-19(25)20(26)18(24)16(22-17)3-1-2-4-27-12-21-8-13-5-14(9-21)7-15(6-13)10-21/h13-20,22-26H,1-12H2/t13?,14?,15?,16-,17+,18+,19-,20-,21?/m1/s1. The Hall–Kier alpha value is -0.240. The highest BCUT2D eigenvalue weighted by Crippen LogP contribution is 2.60. The van der Waals surface area contributed by atoms with Gasteiger partial charge in [0.2, 0.25) is 0 Å². The lowest BCUT2D eigenvalue weighted by atomic mass is 9.50. The molecule has 0 unspecified atom stereocenters. The number of hydrogen-bond acceptors (Lipinski definition) is 6. The number of ether oxygens (including phenoxy) is 1. The molecule has 1 aliphatic heterocycles. The van der Waals surface area contributed by atoms with Crippen LogP contribution in [0.1, 0.15) is 57.8 Å². The van der Waals surface area contributed by atoms with Crippen LogP contribution in [0.3, 0.4) is 0 Å². The van der Waals surface area contributed by atoms with Crippen molar-refractivity contribution in [1.82, 2.24) is 5.32 Å². The van der Waals surface area contributed by atoms with E-state index in [9.17, 15) is 20.4 Å². The first-order chi connectivity index (χ1) is 13.0. The molecule has 0 aromatic carbocycles.